The van der Waals surface area contributed by atoms with Gasteiger partial charge in [-0.2, -0.15) is 0 Å². The van der Waals surface area contributed by atoms with Crippen LogP contribution in [-0.2, 0) is 11.2 Å². The fourth-order valence-electron chi connectivity index (χ4n) is 2.82. The third-order valence-corrected chi connectivity index (χ3v) is 3.92. The number of anilines is 2. The third-order valence-electron chi connectivity index (χ3n) is 3.92. The molecule has 2 atom stereocenters. The van der Waals surface area contributed by atoms with Gasteiger partial charge in [0.05, 0.1) is 6.10 Å². The Morgan fingerprint density at radius 1 is 1.20 bits per heavy atom. The molecule has 1 aliphatic rings. The molecule has 2 rings (SSSR count). The average molecular weight is 278 g/mol. The summed E-state index contributed by atoms with van der Waals surface area (Å²) in [5.74, 6) is 2.49. The Balaban J connectivity index is 2.03. The molecule has 1 aliphatic heterocycles. The van der Waals surface area contributed by atoms with Crippen LogP contribution in [0.25, 0.3) is 0 Å². The summed E-state index contributed by atoms with van der Waals surface area (Å²) in [6.45, 7) is 9.09. The zero-order valence-corrected chi connectivity index (χ0v) is 12.8. The molecule has 0 aliphatic carbocycles. The van der Waals surface area contributed by atoms with Crippen molar-refractivity contribution in [2.24, 2.45) is 5.92 Å². The first kappa shape index (κ1) is 15.0. The van der Waals surface area contributed by atoms with E-state index in [1.807, 2.05) is 0 Å². The van der Waals surface area contributed by atoms with Gasteiger partial charge in [-0.3, -0.25) is 0 Å². The van der Waals surface area contributed by atoms with Crippen molar-refractivity contribution < 1.29 is 4.74 Å². The summed E-state index contributed by atoms with van der Waals surface area (Å²) < 4.78 is 5.74. The van der Waals surface area contributed by atoms with Gasteiger partial charge in [-0.25, -0.2) is 9.97 Å². The van der Waals surface area contributed by atoms with Gasteiger partial charge in [0, 0.05) is 31.2 Å². The maximum Gasteiger partial charge on any atom is 0.134 e. The Hall–Kier alpha value is -1.36. The molecular formula is C15H26N4O. The van der Waals surface area contributed by atoms with Crippen LogP contribution in [0.2, 0.25) is 0 Å². The smallest absolute Gasteiger partial charge is 0.134 e. The van der Waals surface area contributed by atoms with Crippen molar-refractivity contribution in [3.05, 3.63) is 11.9 Å². The van der Waals surface area contributed by atoms with Gasteiger partial charge in [-0.15, -0.1) is 0 Å². The van der Waals surface area contributed by atoms with Crippen molar-refractivity contribution >= 4 is 11.6 Å². The van der Waals surface area contributed by atoms with Crippen molar-refractivity contribution in [3.8, 4) is 0 Å². The van der Waals surface area contributed by atoms with Crippen molar-refractivity contribution in [2.45, 2.75) is 46.1 Å². The molecule has 1 fully saturated rings. The first-order valence-corrected chi connectivity index (χ1v) is 7.73. The van der Waals surface area contributed by atoms with Gasteiger partial charge < -0.3 is 15.4 Å². The van der Waals surface area contributed by atoms with Crippen molar-refractivity contribution in [2.75, 3.05) is 30.3 Å². The predicted molar refractivity (Wildman–Crippen MR) is 82.2 cm³/mol. The summed E-state index contributed by atoms with van der Waals surface area (Å²) in [4.78, 5) is 8.73. The Morgan fingerprint density at radius 2 is 1.95 bits per heavy atom. The van der Waals surface area contributed by atoms with E-state index < -0.39 is 0 Å². The highest BCUT2D eigenvalue weighted by molar-refractivity contribution is 5.57. The van der Waals surface area contributed by atoms with Crippen LogP contribution < -0.4 is 10.6 Å². The van der Waals surface area contributed by atoms with Crippen LogP contribution in [0.4, 0.5) is 11.6 Å². The largest absolute Gasteiger partial charge is 0.378 e. The molecule has 2 unspecified atom stereocenters. The molecule has 1 aromatic heterocycles. The van der Waals surface area contributed by atoms with E-state index in [9.17, 15) is 0 Å². The highest BCUT2D eigenvalue weighted by Gasteiger charge is 2.26. The molecule has 1 saturated heterocycles. The topological polar surface area (TPSA) is 59.1 Å². The highest BCUT2D eigenvalue weighted by atomic mass is 16.5. The number of ether oxygens (including phenoxy) is 1. The maximum atomic E-state index is 5.74. The second-order valence-corrected chi connectivity index (χ2v) is 5.18. The second kappa shape index (κ2) is 7.43. The van der Waals surface area contributed by atoms with E-state index >= 15 is 0 Å². The van der Waals surface area contributed by atoms with E-state index in [1.165, 1.54) is 5.56 Å². The Labute approximate surface area is 121 Å². The lowest BCUT2D eigenvalue weighted by atomic mass is 9.99. The van der Waals surface area contributed by atoms with Gasteiger partial charge in [-0.1, -0.05) is 13.8 Å². The third kappa shape index (κ3) is 3.39. The summed E-state index contributed by atoms with van der Waals surface area (Å²) in [6, 6.07) is 0. The Morgan fingerprint density at radius 3 is 2.60 bits per heavy atom. The molecule has 2 N–H and O–H groups in total. The summed E-state index contributed by atoms with van der Waals surface area (Å²) in [5, 5.41) is 6.80. The minimum atomic E-state index is 0.391. The van der Waals surface area contributed by atoms with E-state index in [1.54, 1.807) is 6.33 Å². The molecule has 112 valence electrons. The van der Waals surface area contributed by atoms with Crippen molar-refractivity contribution in [1.82, 2.24) is 9.97 Å². The summed E-state index contributed by atoms with van der Waals surface area (Å²) in [7, 11) is 0. The second-order valence-electron chi connectivity index (χ2n) is 5.18. The van der Waals surface area contributed by atoms with E-state index in [0.29, 0.717) is 12.0 Å². The average Bonchev–Trinajstić information content (AvgIpc) is 2.93. The summed E-state index contributed by atoms with van der Waals surface area (Å²) in [6.07, 6.45) is 5.16. The molecule has 20 heavy (non-hydrogen) atoms. The quantitative estimate of drug-likeness (QED) is 0.803. The standard InChI is InChI=1S/C15H26N4O/c1-4-12-14(16-6-3)18-10-19-15(12)17-9-11-7-8-20-13(11)5-2/h10-11,13H,4-9H2,1-3H3,(H2,16,17,18,19). The van der Waals surface area contributed by atoms with Gasteiger partial charge in [0.1, 0.15) is 18.0 Å². The maximum absolute atomic E-state index is 5.74. The number of nitrogens with one attached hydrogen (secondary N) is 2. The SMILES string of the molecule is CCNc1ncnc(NCC2CCOC2CC)c1CC. The monoisotopic (exact) mass is 278 g/mol. The van der Waals surface area contributed by atoms with E-state index in [0.717, 1.165) is 50.6 Å². The van der Waals surface area contributed by atoms with Crippen LogP contribution in [0.5, 0.6) is 0 Å². The van der Waals surface area contributed by atoms with Crippen LogP contribution in [0, 0.1) is 5.92 Å². The molecule has 1 aromatic rings. The highest BCUT2D eigenvalue weighted by Crippen LogP contribution is 2.25. The lowest BCUT2D eigenvalue weighted by Gasteiger charge is -2.19. The predicted octanol–water partition coefficient (Wildman–Crippen LogP) is 2.70. The number of rotatable bonds is 7. The van der Waals surface area contributed by atoms with E-state index in [4.69, 9.17) is 4.74 Å². The molecule has 5 nitrogen and oxygen atoms in total. The van der Waals surface area contributed by atoms with Gasteiger partial charge in [0.15, 0.2) is 0 Å². The molecule has 0 radical (unpaired) electrons. The van der Waals surface area contributed by atoms with Crippen LogP contribution in [0.15, 0.2) is 6.33 Å². The first-order valence-electron chi connectivity index (χ1n) is 7.73. The van der Waals surface area contributed by atoms with E-state index in [-0.39, 0.29) is 0 Å². The summed E-state index contributed by atoms with van der Waals surface area (Å²) >= 11 is 0. The van der Waals surface area contributed by atoms with E-state index in [2.05, 4.69) is 41.4 Å². The Kier molecular flexibility index (Phi) is 5.59. The van der Waals surface area contributed by atoms with Gasteiger partial charge >= 0.3 is 0 Å². The zero-order valence-electron chi connectivity index (χ0n) is 12.8. The number of hydrogen-bond acceptors (Lipinski definition) is 5. The lowest BCUT2D eigenvalue weighted by molar-refractivity contribution is 0.0900. The van der Waals surface area contributed by atoms with Gasteiger partial charge in [0.25, 0.3) is 0 Å². The van der Waals surface area contributed by atoms with Gasteiger partial charge in [-0.05, 0) is 26.2 Å². The summed E-state index contributed by atoms with van der Waals surface area (Å²) in [5.41, 5.74) is 1.17. The molecule has 2 heterocycles. The minimum Gasteiger partial charge on any atom is -0.378 e. The minimum absolute atomic E-state index is 0.391. The number of hydrogen-bond donors (Lipinski definition) is 2. The normalized spacial score (nSPS) is 21.9. The molecule has 0 aromatic carbocycles. The molecule has 0 saturated carbocycles. The van der Waals surface area contributed by atoms with Crippen LogP contribution >= 0.6 is 0 Å². The van der Waals surface area contributed by atoms with Crippen LogP contribution in [-0.4, -0.2) is 35.8 Å². The first-order chi connectivity index (χ1) is 9.80. The van der Waals surface area contributed by atoms with Crippen molar-refractivity contribution in [1.29, 1.82) is 0 Å². The molecule has 0 amide bonds. The lowest BCUT2D eigenvalue weighted by Crippen LogP contribution is -2.23. The van der Waals surface area contributed by atoms with Gasteiger partial charge in [0.2, 0.25) is 0 Å². The molecule has 5 heteroatoms. The number of aromatic nitrogens is 2. The fraction of sp³-hybridized carbons (Fsp3) is 0.733. The van der Waals surface area contributed by atoms with Crippen LogP contribution in [0.1, 0.15) is 39.2 Å². The molecule has 0 spiro atoms. The zero-order chi connectivity index (χ0) is 14.4. The number of nitrogens with zero attached hydrogens (tertiary/aromatic N) is 2. The molecule has 0 bridgehead atoms. The Bertz CT molecular complexity index is 424. The fourth-order valence-corrected chi connectivity index (χ4v) is 2.82. The molecular weight excluding hydrogens is 252 g/mol. The van der Waals surface area contributed by atoms with Crippen LogP contribution in [0.3, 0.4) is 0 Å². The van der Waals surface area contributed by atoms with Crippen molar-refractivity contribution in [3.63, 3.8) is 0 Å².